The Morgan fingerprint density at radius 3 is 2.62 bits per heavy atom. The Morgan fingerprint density at radius 1 is 1.14 bits per heavy atom. The summed E-state index contributed by atoms with van der Waals surface area (Å²) in [5.41, 5.74) is 7.34. The van der Waals surface area contributed by atoms with Crippen molar-refractivity contribution in [2.24, 2.45) is 5.92 Å². The number of benzene rings is 1. The second-order valence-electron chi connectivity index (χ2n) is 10.4. The van der Waals surface area contributed by atoms with Gasteiger partial charge in [-0.2, -0.15) is 0 Å². The van der Waals surface area contributed by atoms with Crippen LogP contribution < -0.4 is 5.56 Å². The smallest absolute Gasteiger partial charge is 0.251 e. The van der Waals surface area contributed by atoms with E-state index in [1.165, 1.54) is 0 Å². The third-order valence-corrected chi connectivity index (χ3v) is 7.97. The largest absolute Gasteiger partial charge is 0.381 e. The molecule has 1 unspecified atom stereocenters. The van der Waals surface area contributed by atoms with Crippen molar-refractivity contribution in [2.75, 3.05) is 13.2 Å². The maximum atomic E-state index is 13.8. The summed E-state index contributed by atoms with van der Waals surface area (Å²) < 4.78 is 7.99. The number of ether oxygens (including phenoxy) is 1. The van der Waals surface area contributed by atoms with Crippen LogP contribution in [-0.4, -0.2) is 33.5 Å². The van der Waals surface area contributed by atoms with E-state index in [4.69, 9.17) is 4.74 Å². The van der Waals surface area contributed by atoms with Crippen LogP contribution >= 0.6 is 0 Å². The van der Waals surface area contributed by atoms with E-state index in [9.17, 15) is 9.59 Å². The fraction of sp³-hybridized carbons (Fsp3) is 0.387. The Balaban J connectivity index is 1.57. The number of pyridine rings is 2. The zero-order chi connectivity index (χ0) is 26.1. The molecule has 1 saturated heterocycles. The standard InChI is InChI=1S/C31H35N3O3/c1-19-16-20(2)33-31(36)26(19)9-10-29(35)30-22(4)34(21(3)23-11-14-37-15-12-23)28-17-24(7-8-27(28)30)25-6-5-13-32-18-25/h5-8,13,16-18,21,23H,9-12,14-15H2,1-4H3,(H,33,36). The minimum absolute atomic E-state index is 0.0777. The Hall–Kier alpha value is -3.51. The number of rotatable bonds is 7. The lowest BCUT2D eigenvalue weighted by molar-refractivity contribution is 0.0517. The molecule has 0 bridgehead atoms. The van der Waals surface area contributed by atoms with Gasteiger partial charge in [0.25, 0.3) is 5.56 Å². The van der Waals surface area contributed by atoms with Gasteiger partial charge in [0.1, 0.15) is 0 Å². The summed E-state index contributed by atoms with van der Waals surface area (Å²) in [6, 6.07) is 12.6. The first-order valence-corrected chi connectivity index (χ1v) is 13.2. The van der Waals surface area contributed by atoms with E-state index in [1.807, 2.05) is 32.2 Å². The van der Waals surface area contributed by atoms with E-state index in [1.54, 1.807) is 6.20 Å². The molecule has 0 radical (unpaired) electrons. The third-order valence-electron chi connectivity index (χ3n) is 7.97. The summed E-state index contributed by atoms with van der Waals surface area (Å²) in [7, 11) is 0. The number of carbonyl (C=O) groups excluding carboxylic acids is 1. The summed E-state index contributed by atoms with van der Waals surface area (Å²) in [6.07, 6.45) is 6.40. The quantitative estimate of drug-likeness (QED) is 0.312. The Morgan fingerprint density at radius 2 is 1.92 bits per heavy atom. The van der Waals surface area contributed by atoms with Crippen LogP contribution in [0.4, 0.5) is 0 Å². The fourth-order valence-corrected chi connectivity index (χ4v) is 5.99. The molecule has 37 heavy (non-hydrogen) atoms. The van der Waals surface area contributed by atoms with Crippen molar-refractivity contribution in [1.82, 2.24) is 14.5 Å². The molecule has 6 heteroatoms. The number of hydrogen-bond donors (Lipinski definition) is 1. The number of aryl methyl sites for hydroxylation is 2. The second kappa shape index (κ2) is 10.5. The molecule has 3 aromatic heterocycles. The van der Waals surface area contributed by atoms with Gasteiger partial charge in [-0.25, -0.2) is 0 Å². The lowest BCUT2D eigenvalue weighted by Gasteiger charge is -2.30. The SMILES string of the molecule is Cc1cc(C)c(CCC(=O)c2c(C)n(C(C)C3CCOCC3)c3cc(-c4cccnc4)ccc23)c(=O)[nH]1. The summed E-state index contributed by atoms with van der Waals surface area (Å²) in [4.78, 5) is 33.5. The normalized spacial score (nSPS) is 15.2. The second-order valence-corrected chi connectivity index (χ2v) is 10.4. The minimum atomic E-state index is -0.0984. The maximum absolute atomic E-state index is 13.8. The van der Waals surface area contributed by atoms with Crippen LogP contribution in [0.1, 0.15) is 65.1 Å². The summed E-state index contributed by atoms with van der Waals surface area (Å²) in [5, 5.41) is 0.976. The molecular weight excluding hydrogens is 462 g/mol. The number of hydrogen-bond acceptors (Lipinski definition) is 4. The molecule has 1 fully saturated rings. The van der Waals surface area contributed by atoms with Crippen molar-refractivity contribution in [1.29, 1.82) is 0 Å². The van der Waals surface area contributed by atoms with Crippen LogP contribution in [-0.2, 0) is 11.2 Å². The minimum Gasteiger partial charge on any atom is -0.381 e. The molecule has 6 nitrogen and oxygen atoms in total. The maximum Gasteiger partial charge on any atom is 0.251 e. The summed E-state index contributed by atoms with van der Waals surface area (Å²) in [5.74, 6) is 0.566. The number of aromatic nitrogens is 3. The Kier molecular flexibility index (Phi) is 7.11. The first kappa shape index (κ1) is 25.2. The number of fused-ring (bicyclic) bond motifs is 1. The van der Waals surface area contributed by atoms with Gasteiger partial charge in [0.15, 0.2) is 5.78 Å². The van der Waals surface area contributed by atoms with Crippen LogP contribution in [0.15, 0.2) is 53.6 Å². The molecule has 1 aliphatic rings. The lowest BCUT2D eigenvalue weighted by atomic mass is 9.92. The van der Waals surface area contributed by atoms with E-state index >= 15 is 0 Å². The van der Waals surface area contributed by atoms with Crippen molar-refractivity contribution in [2.45, 2.75) is 59.4 Å². The van der Waals surface area contributed by atoms with Gasteiger partial charge in [0, 0.05) is 77.1 Å². The number of aromatic amines is 1. The zero-order valence-electron chi connectivity index (χ0n) is 22.1. The van der Waals surface area contributed by atoms with Gasteiger partial charge < -0.3 is 14.3 Å². The number of carbonyl (C=O) groups is 1. The van der Waals surface area contributed by atoms with Gasteiger partial charge in [0.05, 0.1) is 0 Å². The number of ketones is 1. The highest BCUT2D eigenvalue weighted by molar-refractivity contribution is 6.10. The molecule has 4 aromatic rings. The third kappa shape index (κ3) is 4.90. The number of Topliss-reactive ketones (excluding diaryl/α,β-unsaturated/α-hetero) is 1. The van der Waals surface area contributed by atoms with Crippen molar-refractivity contribution in [3.05, 3.63) is 87.2 Å². The van der Waals surface area contributed by atoms with Crippen LogP contribution in [0.25, 0.3) is 22.0 Å². The van der Waals surface area contributed by atoms with Gasteiger partial charge in [-0.15, -0.1) is 0 Å². The highest BCUT2D eigenvalue weighted by atomic mass is 16.5. The average Bonchev–Trinajstić information content (AvgIpc) is 3.19. The predicted molar refractivity (Wildman–Crippen MR) is 147 cm³/mol. The molecule has 1 N–H and O–H groups in total. The first-order chi connectivity index (χ1) is 17.8. The monoisotopic (exact) mass is 497 g/mol. The molecule has 0 spiro atoms. The Bertz CT molecular complexity index is 1490. The molecule has 1 atom stereocenters. The highest BCUT2D eigenvalue weighted by Gasteiger charge is 2.28. The molecule has 1 aliphatic heterocycles. The van der Waals surface area contributed by atoms with Gasteiger partial charge in [-0.1, -0.05) is 18.2 Å². The van der Waals surface area contributed by atoms with E-state index in [2.05, 4.69) is 52.6 Å². The molecule has 5 rings (SSSR count). The number of nitrogens with zero attached hydrogens (tertiary/aromatic N) is 2. The van der Waals surface area contributed by atoms with Crippen LogP contribution in [0, 0.1) is 26.7 Å². The van der Waals surface area contributed by atoms with Crippen LogP contribution in [0.5, 0.6) is 0 Å². The van der Waals surface area contributed by atoms with Gasteiger partial charge in [0.2, 0.25) is 0 Å². The molecule has 0 saturated carbocycles. The van der Waals surface area contributed by atoms with Crippen LogP contribution in [0.3, 0.4) is 0 Å². The van der Waals surface area contributed by atoms with E-state index < -0.39 is 0 Å². The molecule has 192 valence electrons. The topological polar surface area (TPSA) is 77.0 Å². The molecular formula is C31H35N3O3. The number of nitrogens with one attached hydrogen (secondary N) is 1. The van der Waals surface area contributed by atoms with Crippen molar-refractivity contribution >= 4 is 16.7 Å². The lowest BCUT2D eigenvalue weighted by Crippen LogP contribution is -2.24. The van der Waals surface area contributed by atoms with Crippen molar-refractivity contribution in [3.8, 4) is 11.1 Å². The van der Waals surface area contributed by atoms with Gasteiger partial charge >= 0.3 is 0 Å². The van der Waals surface area contributed by atoms with Crippen molar-refractivity contribution in [3.63, 3.8) is 0 Å². The van der Waals surface area contributed by atoms with Gasteiger partial charge in [-0.3, -0.25) is 14.6 Å². The molecule has 4 heterocycles. The molecule has 1 aromatic carbocycles. The van der Waals surface area contributed by atoms with E-state index in [0.29, 0.717) is 24.3 Å². The highest BCUT2D eigenvalue weighted by Crippen LogP contribution is 2.37. The molecule has 0 aliphatic carbocycles. The van der Waals surface area contributed by atoms with Gasteiger partial charge in [-0.05, 0) is 82.2 Å². The summed E-state index contributed by atoms with van der Waals surface area (Å²) >= 11 is 0. The van der Waals surface area contributed by atoms with Crippen LogP contribution in [0.2, 0.25) is 0 Å². The predicted octanol–water partition coefficient (Wildman–Crippen LogP) is 6.12. The van der Waals surface area contributed by atoms with E-state index in [-0.39, 0.29) is 17.4 Å². The average molecular weight is 498 g/mol. The summed E-state index contributed by atoms with van der Waals surface area (Å²) in [6.45, 7) is 9.71. The van der Waals surface area contributed by atoms with E-state index in [0.717, 1.165) is 70.6 Å². The Labute approximate surface area is 217 Å². The van der Waals surface area contributed by atoms with Crippen molar-refractivity contribution < 1.29 is 9.53 Å². The fourth-order valence-electron chi connectivity index (χ4n) is 5.99. The first-order valence-electron chi connectivity index (χ1n) is 13.2. The molecule has 0 amide bonds. The zero-order valence-corrected chi connectivity index (χ0v) is 22.1. The number of H-pyrrole nitrogens is 1.